The normalized spacial score (nSPS) is 13.7. The van der Waals surface area contributed by atoms with Gasteiger partial charge in [0.05, 0.1) is 11.5 Å². The molecule has 0 bridgehead atoms. The van der Waals surface area contributed by atoms with Gasteiger partial charge in [-0.2, -0.15) is 21.6 Å². The van der Waals surface area contributed by atoms with E-state index in [4.69, 9.17) is 0 Å². The van der Waals surface area contributed by atoms with Crippen molar-refractivity contribution in [1.82, 2.24) is 0 Å². The zero-order chi connectivity index (χ0) is 17.8. The second-order valence-corrected chi connectivity index (χ2v) is 6.61. The lowest BCUT2D eigenvalue weighted by atomic mass is 10.2. The van der Waals surface area contributed by atoms with Gasteiger partial charge in [-0.05, 0) is 24.6 Å². The van der Waals surface area contributed by atoms with Gasteiger partial charge in [-0.1, -0.05) is 48.0 Å². The maximum absolute atomic E-state index is 13.0. The largest absolute Gasteiger partial charge is 0.441 e. The van der Waals surface area contributed by atoms with Crippen molar-refractivity contribution < 1.29 is 30.5 Å². The Kier molecular flexibility index (Phi) is 5.63. The van der Waals surface area contributed by atoms with E-state index in [1.165, 1.54) is 24.3 Å². The first-order valence-electron chi connectivity index (χ1n) is 6.91. The van der Waals surface area contributed by atoms with Gasteiger partial charge in [0.25, 0.3) is 16.4 Å². The van der Waals surface area contributed by atoms with Crippen LogP contribution in [0.4, 0.5) is 13.2 Å². The lowest BCUT2D eigenvalue weighted by Crippen LogP contribution is -2.36. The molecule has 2 rings (SSSR count). The van der Waals surface area contributed by atoms with E-state index in [0.717, 1.165) is 5.56 Å². The van der Waals surface area contributed by atoms with Gasteiger partial charge in [0.2, 0.25) is 0 Å². The van der Waals surface area contributed by atoms with Gasteiger partial charge in [-0.25, -0.2) is 4.18 Å². The molecule has 0 amide bonds. The van der Waals surface area contributed by atoms with Crippen LogP contribution in [0.2, 0.25) is 0 Å². The van der Waals surface area contributed by atoms with Crippen molar-refractivity contribution in [3.05, 3.63) is 65.7 Å². The predicted molar refractivity (Wildman–Crippen MR) is 80.5 cm³/mol. The molecule has 4 nitrogen and oxygen atoms in total. The van der Waals surface area contributed by atoms with E-state index in [1.54, 1.807) is 37.3 Å². The van der Waals surface area contributed by atoms with E-state index in [1.807, 2.05) is 0 Å². The van der Waals surface area contributed by atoms with Gasteiger partial charge in [-0.3, -0.25) is 0 Å². The molecule has 1 atom stereocenters. The van der Waals surface area contributed by atoms with Gasteiger partial charge in [0.1, 0.15) is 0 Å². The molecule has 1 unspecified atom stereocenters. The third-order valence-corrected chi connectivity index (χ3v) is 4.31. The minimum atomic E-state index is -4.99. The predicted octanol–water partition coefficient (Wildman–Crippen LogP) is 3.81. The number of ether oxygens (including phenoxy) is 1. The van der Waals surface area contributed by atoms with E-state index < -0.39 is 29.2 Å². The van der Waals surface area contributed by atoms with Gasteiger partial charge in [0.15, 0.2) is 0 Å². The Morgan fingerprint density at radius 3 is 2.12 bits per heavy atom. The highest BCUT2D eigenvalue weighted by Crippen LogP contribution is 2.28. The summed E-state index contributed by atoms with van der Waals surface area (Å²) in [4.78, 5) is -0.370. The number of alkyl halides is 3. The topological polar surface area (TPSA) is 52.6 Å². The molecule has 0 N–H and O–H groups in total. The molecule has 130 valence electrons. The molecule has 0 saturated carbocycles. The highest BCUT2D eigenvalue weighted by molar-refractivity contribution is 7.86. The van der Waals surface area contributed by atoms with Crippen molar-refractivity contribution in [1.29, 1.82) is 0 Å². The summed E-state index contributed by atoms with van der Waals surface area (Å²) in [6, 6.07) is 13.3. The van der Waals surface area contributed by atoms with Crippen LogP contribution >= 0.6 is 0 Å². The summed E-state index contributed by atoms with van der Waals surface area (Å²) in [5.41, 5.74) is 1.23. The van der Waals surface area contributed by atoms with Crippen LogP contribution in [0.25, 0.3) is 0 Å². The number of benzene rings is 2. The van der Waals surface area contributed by atoms with Crippen molar-refractivity contribution in [2.75, 3.05) is 0 Å². The summed E-state index contributed by atoms with van der Waals surface area (Å²) >= 11 is 0. The van der Waals surface area contributed by atoms with Crippen LogP contribution in [0.1, 0.15) is 11.1 Å². The molecule has 24 heavy (non-hydrogen) atoms. The molecule has 2 aromatic carbocycles. The first-order chi connectivity index (χ1) is 11.2. The SMILES string of the molecule is Cc1ccc(S(=O)(=O)OC(OCc2ccccc2)C(F)(F)F)cc1. The highest BCUT2D eigenvalue weighted by Gasteiger charge is 2.45. The third kappa shape index (κ3) is 5.05. The maximum atomic E-state index is 13.0. The molecular weight excluding hydrogens is 345 g/mol. The van der Waals surface area contributed by atoms with Crippen LogP contribution in [0.15, 0.2) is 59.5 Å². The molecule has 0 fully saturated rings. The van der Waals surface area contributed by atoms with Crippen molar-refractivity contribution in [2.45, 2.75) is 30.9 Å². The molecule has 0 aliphatic carbocycles. The summed E-state index contributed by atoms with van der Waals surface area (Å²) < 4.78 is 72.0. The molecule has 8 heteroatoms. The Morgan fingerprint density at radius 2 is 1.58 bits per heavy atom. The first kappa shape index (κ1) is 18.4. The molecule has 0 aromatic heterocycles. The minimum absolute atomic E-state index is 0.370. The van der Waals surface area contributed by atoms with Crippen molar-refractivity contribution in [3.8, 4) is 0 Å². The lowest BCUT2D eigenvalue weighted by Gasteiger charge is -2.20. The summed E-state index contributed by atoms with van der Waals surface area (Å²) in [5.74, 6) is 0. The smallest absolute Gasteiger partial charge is 0.339 e. The zero-order valence-corrected chi connectivity index (χ0v) is 13.5. The first-order valence-corrected chi connectivity index (χ1v) is 8.31. The Balaban J connectivity index is 2.15. The molecule has 0 aliphatic rings. The number of hydrogen-bond acceptors (Lipinski definition) is 4. The summed E-state index contributed by atoms with van der Waals surface area (Å²) in [5, 5.41) is 0. The van der Waals surface area contributed by atoms with Crippen molar-refractivity contribution >= 4 is 10.1 Å². The number of hydrogen-bond donors (Lipinski definition) is 0. The molecule has 2 aromatic rings. The second-order valence-electron chi connectivity index (χ2n) is 5.03. The third-order valence-electron chi connectivity index (χ3n) is 3.04. The minimum Gasteiger partial charge on any atom is -0.339 e. The number of halogens is 3. The Hall–Kier alpha value is -1.90. The zero-order valence-electron chi connectivity index (χ0n) is 12.7. The number of aryl methyl sites for hydroxylation is 1. The fourth-order valence-electron chi connectivity index (χ4n) is 1.80. The summed E-state index contributed by atoms with van der Waals surface area (Å²) in [6.45, 7) is 1.28. The van der Waals surface area contributed by atoms with Gasteiger partial charge in [-0.15, -0.1) is 0 Å². The van der Waals surface area contributed by atoms with Gasteiger partial charge in [0, 0.05) is 0 Å². The quantitative estimate of drug-likeness (QED) is 0.581. The summed E-state index contributed by atoms with van der Waals surface area (Å²) in [7, 11) is -4.61. The van der Waals surface area contributed by atoms with E-state index in [0.29, 0.717) is 5.56 Å². The van der Waals surface area contributed by atoms with E-state index in [9.17, 15) is 21.6 Å². The Morgan fingerprint density at radius 1 is 1.00 bits per heavy atom. The molecular formula is C16H15F3O4S. The molecule has 0 radical (unpaired) electrons. The molecule has 0 spiro atoms. The molecule has 0 saturated heterocycles. The van der Waals surface area contributed by atoms with Crippen LogP contribution in [-0.4, -0.2) is 20.9 Å². The van der Waals surface area contributed by atoms with Crippen LogP contribution in [0, 0.1) is 6.92 Å². The van der Waals surface area contributed by atoms with Crippen LogP contribution in [0.5, 0.6) is 0 Å². The van der Waals surface area contributed by atoms with E-state index in [-0.39, 0.29) is 4.90 Å². The Labute approximate surface area is 138 Å². The molecule has 0 aliphatic heterocycles. The van der Waals surface area contributed by atoms with Crippen LogP contribution < -0.4 is 0 Å². The fourth-order valence-corrected chi connectivity index (χ4v) is 2.77. The highest BCUT2D eigenvalue weighted by atomic mass is 32.2. The average Bonchev–Trinajstić information content (AvgIpc) is 2.52. The van der Waals surface area contributed by atoms with Crippen LogP contribution in [0.3, 0.4) is 0 Å². The number of rotatable bonds is 6. The van der Waals surface area contributed by atoms with E-state index >= 15 is 0 Å². The van der Waals surface area contributed by atoms with Gasteiger partial charge >= 0.3 is 6.18 Å². The Bertz CT molecular complexity index is 756. The van der Waals surface area contributed by atoms with E-state index in [2.05, 4.69) is 8.92 Å². The van der Waals surface area contributed by atoms with Crippen LogP contribution in [-0.2, 0) is 25.6 Å². The fraction of sp³-hybridized carbons (Fsp3) is 0.250. The standard InChI is InChI=1S/C16H15F3O4S/c1-12-7-9-14(10-8-12)24(20,21)23-15(16(17,18)19)22-11-13-5-3-2-4-6-13/h2-10,15H,11H2,1H3. The van der Waals surface area contributed by atoms with Crippen molar-refractivity contribution in [2.24, 2.45) is 0 Å². The van der Waals surface area contributed by atoms with Gasteiger partial charge < -0.3 is 4.74 Å². The average molecular weight is 360 g/mol. The molecule has 0 heterocycles. The van der Waals surface area contributed by atoms with Crippen molar-refractivity contribution in [3.63, 3.8) is 0 Å². The monoisotopic (exact) mass is 360 g/mol. The summed E-state index contributed by atoms with van der Waals surface area (Å²) in [6.07, 6.45) is -7.88. The second kappa shape index (κ2) is 7.33. The lowest BCUT2D eigenvalue weighted by molar-refractivity contribution is -0.284. The maximum Gasteiger partial charge on any atom is 0.441 e.